The van der Waals surface area contributed by atoms with Crippen molar-refractivity contribution in [3.8, 4) is 0 Å². The zero-order valence-corrected chi connectivity index (χ0v) is 43.5. The molecule has 2 aromatic carbocycles. The molecule has 0 spiro atoms. The van der Waals surface area contributed by atoms with Crippen molar-refractivity contribution in [2.24, 2.45) is 0 Å². The first-order chi connectivity index (χ1) is 19.6. The van der Waals surface area contributed by atoms with Gasteiger partial charge in [-0.15, -0.1) is 0 Å². The van der Waals surface area contributed by atoms with Crippen LogP contribution in [0.15, 0.2) is 24.3 Å². The minimum absolute atomic E-state index is 0.680. The molecule has 45 heavy (non-hydrogen) atoms. The number of benzene rings is 2. The number of hydrogen-bond acceptors (Lipinski definition) is 0. The summed E-state index contributed by atoms with van der Waals surface area (Å²) in [6, 6.07) is 10.6. The van der Waals surface area contributed by atoms with Crippen LogP contribution >= 0.6 is 30.6 Å². The number of hydrogen-bond donors (Lipinski definition) is 0. The van der Waals surface area contributed by atoms with E-state index >= 15 is 0 Å². The van der Waals surface area contributed by atoms with E-state index < -0.39 is 53.8 Å². The molecule has 2 aromatic rings. The van der Waals surface area contributed by atoms with Crippen LogP contribution in [-0.2, 0) is 0 Å². The van der Waals surface area contributed by atoms with Gasteiger partial charge in [0.15, 0.2) is 0 Å². The smallest absolute Gasteiger partial charge is 0.0987 e. The minimum Gasteiger partial charge on any atom is -0.0987 e. The molecule has 0 nitrogen and oxygen atoms in total. The van der Waals surface area contributed by atoms with Gasteiger partial charge in [0.1, 0.15) is 0 Å². The van der Waals surface area contributed by atoms with Gasteiger partial charge in [-0.1, -0.05) is 178 Å². The van der Waals surface area contributed by atoms with Gasteiger partial charge in [-0.25, -0.2) is 0 Å². The Hall–Kier alpha value is 0.918. The van der Waals surface area contributed by atoms with Crippen LogP contribution in [0, 0.1) is 20.8 Å². The summed E-state index contributed by atoms with van der Waals surface area (Å²) >= 11 is 9.41. The molecular formula is C36H70Br2Si7. The van der Waals surface area contributed by atoms with Gasteiger partial charge in [0.25, 0.3) is 5.31 Å². The third kappa shape index (κ3) is 9.58. The Morgan fingerprint density at radius 3 is 0.911 bits per heavy atom. The lowest BCUT2D eigenvalue weighted by Crippen LogP contribution is -2.60. The van der Waals surface area contributed by atoms with Crippen LogP contribution in [0.4, 0.5) is 0 Å². The van der Waals surface area contributed by atoms with Gasteiger partial charge in [0, 0.05) is 48.4 Å². The van der Waals surface area contributed by atoms with E-state index in [0.717, 1.165) is 5.16 Å². The zero-order valence-electron chi connectivity index (χ0n) is 33.3. The topological polar surface area (TPSA) is 0 Å². The normalized spacial score (nSPS) is 14.7. The molecule has 256 valence electrons. The Bertz CT molecular complexity index is 1260. The van der Waals surface area contributed by atoms with Gasteiger partial charge in [0.05, 0.1) is 0 Å². The molecule has 0 aliphatic carbocycles. The molecule has 2 rings (SSSR count). The molecule has 0 amide bonds. The highest BCUT2D eigenvalue weighted by Crippen LogP contribution is 2.46. The summed E-state index contributed by atoms with van der Waals surface area (Å²) in [5, 5.41) is 2.85. The van der Waals surface area contributed by atoms with Gasteiger partial charge in [-0.05, 0) is 74.5 Å². The second kappa shape index (κ2) is 13.6. The van der Waals surface area contributed by atoms with Crippen LogP contribution < -0.4 is 10.4 Å². The highest BCUT2D eigenvalue weighted by molar-refractivity contribution is 9.52. The molecular weight excluding hydrogens is 789 g/mol. The quantitative estimate of drug-likeness (QED) is 0.156. The summed E-state index contributed by atoms with van der Waals surface area (Å²) < 4.78 is 0. The monoisotopic (exact) mass is 856 g/mol. The molecule has 0 saturated carbocycles. The molecule has 0 fully saturated rings. The van der Waals surface area contributed by atoms with Crippen molar-refractivity contribution in [1.82, 2.24) is 0 Å². The van der Waals surface area contributed by atoms with Crippen molar-refractivity contribution in [3.63, 3.8) is 0 Å². The molecule has 0 aromatic heterocycles. The second-order valence-electron chi connectivity index (χ2n) is 20.9. The molecule has 0 unspecified atom stereocenters. The fraction of sp³-hybridized carbons (Fsp3) is 0.667. The molecule has 0 heterocycles. The van der Waals surface area contributed by atoms with Crippen molar-refractivity contribution in [2.45, 2.75) is 154 Å². The molecule has 9 heteroatoms. The van der Waals surface area contributed by atoms with Crippen molar-refractivity contribution < 1.29 is 0 Å². The lowest BCUT2D eigenvalue weighted by molar-refractivity contribution is 1.10. The summed E-state index contributed by atoms with van der Waals surface area (Å²) in [7, 11) is -9.52. The molecule has 0 bridgehead atoms. The van der Waals surface area contributed by atoms with Crippen LogP contribution in [0.25, 0.3) is 0 Å². The highest BCUT2D eigenvalue weighted by Gasteiger charge is 2.50. The standard InChI is InChI=1S/C36H70Br2Si7/c1-26-22-27(2)32(28(3)23-26)45(37,38)33-30(35(41(10,11)12)42(13,14)15)24-29(34(39(4,5)6)40(7,8)9)25-31(33)36(43(16,17)18)44(19,20)21/h22-25,34-36H,1-21H3. The molecule has 0 N–H and O–H groups in total. The summed E-state index contributed by atoms with van der Waals surface area (Å²) in [6.07, 6.45) is 0. The van der Waals surface area contributed by atoms with Crippen molar-refractivity contribution in [1.29, 1.82) is 0 Å². The van der Waals surface area contributed by atoms with E-state index in [-0.39, 0.29) is 0 Å². The maximum atomic E-state index is 4.71. The summed E-state index contributed by atoms with van der Waals surface area (Å²) in [4.78, 5) is 0. The first kappa shape index (κ1) is 42.1. The number of rotatable bonds is 11. The van der Waals surface area contributed by atoms with E-state index in [1.165, 1.54) is 16.7 Å². The van der Waals surface area contributed by atoms with Crippen LogP contribution in [0.2, 0.25) is 118 Å². The predicted octanol–water partition coefficient (Wildman–Crippen LogP) is 12.5. The van der Waals surface area contributed by atoms with Crippen LogP contribution in [0.1, 0.15) is 48.9 Å². The third-order valence-electron chi connectivity index (χ3n) is 9.68. The van der Waals surface area contributed by atoms with E-state index in [1.54, 1.807) is 27.1 Å². The third-order valence-corrected chi connectivity index (χ3v) is 44.9. The average Bonchev–Trinajstić information content (AvgIpc) is 2.65. The van der Waals surface area contributed by atoms with Gasteiger partial charge >= 0.3 is 0 Å². The van der Waals surface area contributed by atoms with E-state index in [0.29, 0.717) is 10.3 Å². The number of halogens is 2. The van der Waals surface area contributed by atoms with Gasteiger partial charge < -0.3 is 0 Å². The lowest BCUT2D eigenvalue weighted by Gasteiger charge is -2.47. The summed E-state index contributed by atoms with van der Waals surface area (Å²) in [5.74, 6) is 0. The maximum absolute atomic E-state index is 4.71. The van der Waals surface area contributed by atoms with Gasteiger partial charge in [-0.3, -0.25) is 0 Å². The van der Waals surface area contributed by atoms with Crippen LogP contribution in [0.3, 0.4) is 0 Å². The van der Waals surface area contributed by atoms with Gasteiger partial charge in [-0.2, -0.15) is 0 Å². The average molecular weight is 859 g/mol. The summed E-state index contributed by atoms with van der Waals surface area (Å²) in [5.41, 5.74) is 9.46. The highest BCUT2D eigenvalue weighted by atomic mass is 79.9. The first-order valence-corrected chi connectivity index (χ1v) is 45.3. The molecule has 0 atom stereocenters. The van der Waals surface area contributed by atoms with E-state index in [2.05, 4.69) is 163 Å². The van der Waals surface area contributed by atoms with Crippen LogP contribution in [0.5, 0.6) is 0 Å². The van der Waals surface area contributed by atoms with Crippen molar-refractivity contribution >= 4 is 94.7 Å². The Labute approximate surface area is 304 Å². The van der Waals surface area contributed by atoms with Crippen molar-refractivity contribution in [2.75, 3.05) is 0 Å². The minimum atomic E-state index is -2.51. The van der Waals surface area contributed by atoms with E-state index in [9.17, 15) is 0 Å². The Balaban J connectivity index is 3.53. The molecule has 0 radical (unpaired) electrons. The predicted molar refractivity (Wildman–Crippen MR) is 238 cm³/mol. The second-order valence-corrected chi connectivity index (χ2v) is 67.0. The molecule has 0 aliphatic heterocycles. The first-order valence-electron chi connectivity index (χ1n) is 17.3. The summed E-state index contributed by atoms with van der Waals surface area (Å²) in [6.45, 7) is 54.9. The Morgan fingerprint density at radius 2 is 0.667 bits per heavy atom. The largest absolute Gasteiger partial charge is 0.260 e. The zero-order chi connectivity index (χ0) is 35.7. The lowest BCUT2D eigenvalue weighted by atomic mass is 10.1. The fourth-order valence-electron chi connectivity index (χ4n) is 10.3. The van der Waals surface area contributed by atoms with E-state index in [1.807, 2.05) is 0 Å². The Kier molecular flexibility index (Phi) is 12.7. The van der Waals surface area contributed by atoms with Crippen molar-refractivity contribution in [3.05, 3.63) is 57.6 Å². The maximum Gasteiger partial charge on any atom is 0.260 e. The molecule has 0 aliphatic rings. The van der Waals surface area contributed by atoms with E-state index in [4.69, 9.17) is 30.6 Å². The SMILES string of the molecule is Cc1cc(C)c([Si](Br)(Br)c2c(C([Si](C)(C)C)[Si](C)(C)C)cc(C([Si](C)(C)C)[Si](C)(C)C)cc2C([Si](C)(C)C)[Si](C)(C)C)c(C)c1. The van der Waals surface area contributed by atoms with Crippen LogP contribution in [-0.4, -0.2) is 53.8 Å². The van der Waals surface area contributed by atoms with Gasteiger partial charge in [0.2, 0.25) is 0 Å². The fourth-order valence-corrected chi connectivity index (χ4v) is 58.0. The Morgan fingerprint density at radius 1 is 0.400 bits per heavy atom. The number of aryl methyl sites for hydroxylation is 3. The molecule has 0 saturated heterocycles.